The average molecular weight is 198 g/mol. The van der Waals surface area contributed by atoms with Crippen molar-refractivity contribution in [3.8, 4) is 5.75 Å². The van der Waals surface area contributed by atoms with E-state index < -0.39 is 11.7 Å². The maximum Gasteiger partial charge on any atom is 0.339 e. The minimum atomic E-state index is -0.565. The van der Waals surface area contributed by atoms with Crippen LogP contribution in [0.1, 0.15) is 25.5 Å². The Morgan fingerprint density at radius 3 is 2.57 bits per heavy atom. The lowest BCUT2D eigenvalue weighted by Gasteiger charge is -2.13. The Kier molecular flexibility index (Phi) is 3.30. The van der Waals surface area contributed by atoms with Crippen molar-refractivity contribution in [3.05, 3.63) is 28.3 Å². The van der Waals surface area contributed by atoms with Crippen molar-refractivity contribution in [3.63, 3.8) is 0 Å². The lowest BCUT2D eigenvalue weighted by molar-refractivity contribution is 0.156. The molecule has 0 aliphatic rings. The number of hydrogen-bond acceptors (Lipinski definition) is 4. The van der Waals surface area contributed by atoms with Crippen LogP contribution in [0, 0.1) is 0 Å². The molecule has 4 heteroatoms. The van der Waals surface area contributed by atoms with Crippen LogP contribution < -0.4 is 10.4 Å². The van der Waals surface area contributed by atoms with Gasteiger partial charge in [-0.15, -0.1) is 0 Å². The van der Waals surface area contributed by atoms with Gasteiger partial charge in [-0.05, 0) is 6.92 Å². The Bertz CT molecular complexity index is 353. The van der Waals surface area contributed by atoms with E-state index in [2.05, 4.69) is 0 Å². The van der Waals surface area contributed by atoms with Gasteiger partial charge in [-0.2, -0.15) is 0 Å². The Balaban J connectivity index is 3.09. The summed E-state index contributed by atoms with van der Waals surface area (Å²) >= 11 is 0. The molecule has 0 spiro atoms. The molecule has 14 heavy (non-hydrogen) atoms. The molecule has 0 fully saturated rings. The zero-order valence-electron chi connectivity index (χ0n) is 8.48. The molecule has 0 radical (unpaired) electrons. The van der Waals surface area contributed by atoms with Crippen molar-refractivity contribution in [2.75, 3.05) is 7.11 Å². The number of hydrogen-bond donors (Lipinski definition) is 1. The standard InChI is InChI=1S/C10H14O4/c1-6(7(2)11)9-4-8(13-3)5-10(12)14-9/h4-7,11H,1-3H3/t6-,7+/m1/s1. The van der Waals surface area contributed by atoms with Gasteiger partial charge in [0.15, 0.2) is 0 Å². The molecule has 1 rings (SSSR count). The van der Waals surface area contributed by atoms with Gasteiger partial charge >= 0.3 is 5.63 Å². The van der Waals surface area contributed by atoms with Crippen molar-refractivity contribution >= 4 is 0 Å². The smallest absolute Gasteiger partial charge is 0.339 e. The largest absolute Gasteiger partial charge is 0.496 e. The van der Waals surface area contributed by atoms with Crippen molar-refractivity contribution < 1.29 is 14.3 Å². The Hall–Kier alpha value is -1.29. The fraction of sp³-hybridized carbons (Fsp3) is 0.500. The fourth-order valence-electron chi connectivity index (χ4n) is 1.05. The van der Waals surface area contributed by atoms with Crippen LogP contribution in [0.4, 0.5) is 0 Å². The zero-order chi connectivity index (χ0) is 10.7. The predicted molar refractivity (Wildman–Crippen MR) is 51.6 cm³/mol. The van der Waals surface area contributed by atoms with E-state index in [0.29, 0.717) is 11.5 Å². The van der Waals surface area contributed by atoms with E-state index >= 15 is 0 Å². The van der Waals surface area contributed by atoms with Crippen LogP contribution in [-0.4, -0.2) is 18.3 Å². The van der Waals surface area contributed by atoms with Crippen LogP contribution in [0.25, 0.3) is 0 Å². The first kappa shape index (κ1) is 10.8. The minimum absolute atomic E-state index is 0.224. The molecule has 0 bridgehead atoms. The molecule has 1 heterocycles. The lowest BCUT2D eigenvalue weighted by atomic mass is 10.0. The molecule has 78 valence electrons. The Labute approximate surface area is 82.1 Å². The molecule has 0 saturated heterocycles. The van der Waals surface area contributed by atoms with E-state index in [9.17, 15) is 9.90 Å². The highest BCUT2D eigenvalue weighted by molar-refractivity contribution is 5.22. The molecule has 0 aliphatic heterocycles. The molecule has 0 amide bonds. The summed E-state index contributed by atoms with van der Waals surface area (Å²) in [7, 11) is 1.48. The van der Waals surface area contributed by atoms with Crippen LogP contribution in [-0.2, 0) is 0 Å². The number of aliphatic hydroxyl groups excluding tert-OH is 1. The van der Waals surface area contributed by atoms with Gasteiger partial charge in [0.2, 0.25) is 0 Å². The van der Waals surface area contributed by atoms with Gasteiger partial charge in [0.25, 0.3) is 0 Å². The van der Waals surface area contributed by atoms with E-state index in [1.165, 1.54) is 13.2 Å². The molecule has 4 nitrogen and oxygen atoms in total. The van der Waals surface area contributed by atoms with Crippen molar-refractivity contribution in [1.29, 1.82) is 0 Å². The molecular formula is C10H14O4. The first-order chi connectivity index (χ1) is 6.54. The fourth-order valence-corrected chi connectivity index (χ4v) is 1.05. The summed E-state index contributed by atoms with van der Waals surface area (Å²) in [6.45, 7) is 3.42. The molecule has 1 aromatic heterocycles. The highest BCUT2D eigenvalue weighted by atomic mass is 16.5. The zero-order valence-corrected chi connectivity index (χ0v) is 8.48. The van der Waals surface area contributed by atoms with Crippen LogP contribution in [0.3, 0.4) is 0 Å². The van der Waals surface area contributed by atoms with Gasteiger partial charge in [-0.25, -0.2) is 4.79 Å². The van der Waals surface area contributed by atoms with Crippen molar-refractivity contribution in [2.45, 2.75) is 25.9 Å². The quantitative estimate of drug-likeness (QED) is 0.791. The summed E-state index contributed by atoms with van der Waals surface area (Å²) < 4.78 is 9.87. The third kappa shape index (κ3) is 2.35. The van der Waals surface area contributed by atoms with Gasteiger partial charge in [-0.3, -0.25) is 0 Å². The second-order valence-corrected chi connectivity index (χ2v) is 3.25. The maximum absolute atomic E-state index is 11.1. The molecule has 2 atom stereocenters. The molecule has 1 aromatic rings. The SMILES string of the molecule is COc1cc([C@H](C)[C@H](C)O)oc(=O)c1. The topological polar surface area (TPSA) is 59.7 Å². The molecule has 0 saturated carbocycles. The molecule has 0 unspecified atom stereocenters. The third-order valence-electron chi connectivity index (χ3n) is 2.17. The van der Waals surface area contributed by atoms with Crippen molar-refractivity contribution in [1.82, 2.24) is 0 Å². The number of aliphatic hydroxyl groups is 1. The lowest BCUT2D eigenvalue weighted by Crippen LogP contribution is -2.13. The summed E-state index contributed by atoms with van der Waals surface area (Å²) in [5.41, 5.74) is -0.466. The first-order valence-electron chi connectivity index (χ1n) is 4.41. The maximum atomic E-state index is 11.1. The number of methoxy groups -OCH3 is 1. The Morgan fingerprint density at radius 2 is 2.07 bits per heavy atom. The van der Waals surface area contributed by atoms with E-state index in [4.69, 9.17) is 9.15 Å². The predicted octanol–water partition coefficient (Wildman–Crippen LogP) is 1.13. The van der Waals surface area contributed by atoms with Gasteiger partial charge in [0.1, 0.15) is 11.5 Å². The summed E-state index contributed by atoms with van der Waals surface area (Å²) in [6, 6.07) is 2.87. The summed E-state index contributed by atoms with van der Waals surface area (Å²) in [5, 5.41) is 9.33. The second-order valence-electron chi connectivity index (χ2n) is 3.25. The van der Waals surface area contributed by atoms with E-state index in [0.717, 1.165) is 0 Å². The summed E-state index contributed by atoms with van der Waals surface area (Å²) in [4.78, 5) is 11.1. The number of ether oxygens (including phenoxy) is 1. The van der Waals surface area contributed by atoms with Crippen LogP contribution in [0.15, 0.2) is 21.3 Å². The van der Waals surface area contributed by atoms with Crippen molar-refractivity contribution in [2.24, 2.45) is 0 Å². The van der Waals surface area contributed by atoms with Gasteiger partial charge in [0, 0.05) is 12.0 Å². The molecular weight excluding hydrogens is 184 g/mol. The molecule has 1 N–H and O–H groups in total. The first-order valence-corrected chi connectivity index (χ1v) is 4.41. The summed E-state index contributed by atoms with van der Waals surface area (Å²) in [5.74, 6) is 0.658. The van der Waals surface area contributed by atoms with Crippen LogP contribution in [0.2, 0.25) is 0 Å². The molecule has 0 aliphatic carbocycles. The second kappa shape index (κ2) is 4.28. The Morgan fingerprint density at radius 1 is 1.43 bits per heavy atom. The normalized spacial score (nSPS) is 14.9. The minimum Gasteiger partial charge on any atom is -0.496 e. The average Bonchev–Trinajstić information content (AvgIpc) is 2.15. The van der Waals surface area contributed by atoms with Gasteiger partial charge < -0.3 is 14.3 Å². The summed E-state index contributed by atoms with van der Waals surface area (Å²) in [6.07, 6.45) is -0.565. The van der Waals surface area contributed by atoms with Crippen LogP contribution >= 0.6 is 0 Å². The van der Waals surface area contributed by atoms with Crippen LogP contribution in [0.5, 0.6) is 5.75 Å². The highest BCUT2D eigenvalue weighted by Crippen LogP contribution is 2.21. The number of rotatable bonds is 3. The van der Waals surface area contributed by atoms with Gasteiger partial charge in [0.05, 0.1) is 19.3 Å². The molecule has 0 aromatic carbocycles. The van der Waals surface area contributed by atoms with Gasteiger partial charge in [-0.1, -0.05) is 6.92 Å². The monoisotopic (exact) mass is 198 g/mol. The van der Waals surface area contributed by atoms with E-state index in [1.807, 2.05) is 0 Å². The van der Waals surface area contributed by atoms with E-state index in [-0.39, 0.29) is 5.92 Å². The third-order valence-corrected chi connectivity index (χ3v) is 2.17. The highest BCUT2D eigenvalue weighted by Gasteiger charge is 2.15. The van der Waals surface area contributed by atoms with E-state index in [1.54, 1.807) is 19.9 Å².